The first-order chi connectivity index (χ1) is 9.52. The molecular weight excluding hydrogens is 332 g/mol. The van der Waals surface area contributed by atoms with E-state index in [1.807, 2.05) is 0 Å². The van der Waals surface area contributed by atoms with Crippen LogP contribution in [-0.4, -0.2) is 62.1 Å². The van der Waals surface area contributed by atoms with Gasteiger partial charge in [0.15, 0.2) is 0 Å². The summed E-state index contributed by atoms with van der Waals surface area (Å²) < 4.78 is 44.1. The highest BCUT2D eigenvalue weighted by molar-refractivity contribution is 7.56. The molecule has 1 amide bonds. The van der Waals surface area contributed by atoms with Crippen LogP contribution in [0.2, 0.25) is 0 Å². The SMILES string of the molecule is CC(=O)N[C@@](C(=O)P(=O)=O)([C@@H](O)[C@H](O)[C@H](O)CO)P(=O)=O. The number of aliphatic hydroxyl groups excluding tert-OH is 4. The Kier molecular flexibility index (Phi) is 7.25. The summed E-state index contributed by atoms with van der Waals surface area (Å²) in [7, 11) is -8.17. The average Bonchev–Trinajstić information content (AvgIpc) is 2.40. The maximum absolute atomic E-state index is 11.6. The van der Waals surface area contributed by atoms with Gasteiger partial charge >= 0.3 is 15.4 Å². The number of carbonyl (C=O) groups excluding carboxylic acids is 2. The minimum absolute atomic E-state index is 0.736. The number of aliphatic hydroxyl groups is 4. The number of hydrogen-bond acceptors (Lipinski definition) is 10. The topological polar surface area (TPSA) is 195 Å². The third kappa shape index (κ3) is 4.13. The zero-order valence-electron chi connectivity index (χ0n) is 10.6. The number of hydrogen-bond donors (Lipinski definition) is 5. The molecule has 21 heavy (non-hydrogen) atoms. The summed E-state index contributed by atoms with van der Waals surface area (Å²) in [6.07, 6.45) is -7.24. The maximum atomic E-state index is 11.6. The van der Waals surface area contributed by atoms with Crippen LogP contribution in [0.3, 0.4) is 0 Å². The molecule has 0 aromatic rings. The second-order valence-corrected chi connectivity index (χ2v) is 6.09. The zero-order chi connectivity index (χ0) is 17.0. The third-order valence-corrected chi connectivity index (χ3v) is 4.50. The Hall–Kier alpha value is -1.22. The molecule has 0 aliphatic rings. The zero-order valence-corrected chi connectivity index (χ0v) is 12.4. The molecule has 0 bridgehead atoms. The fourth-order valence-corrected chi connectivity index (χ4v) is 3.19. The predicted molar refractivity (Wildman–Crippen MR) is 63.2 cm³/mol. The Morgan fingerprint density at radius 3 is 1.90 bits per heavy atom. The van der Waals surface area contributed by atoms with E-state index in [4.69, 9.17) is 10.2 Å². The van der Waals surface area contributed by atoms with Gasteiger partial charge in [-0.3, -0.25) is 9.59 Å². The smallest absolute Gasteiger partial charge is 0.388 e. The number of carbonyl (C=O) groups is 2. The van der Waals surface area contributed by atoms with Crippen molar-refractivity contribution in [2.24, 2.45) is 0 Å². The van der Waals surface area contributed by atoms with Gasteiger partial charge in [0.05, 0.1) is 6.61 Å². The summed E-state index contributed by atoms with van der Waals surface area (Å²) in [6, 6.07) is 0. The van der Waals surface area contributed by atoms with E-state index in [-0.39, 0.29) is 0 Å². The summed E-state index contributed by atoms with van der Waals surface area (Å²) in [6.45, 7) is -0.387. The molecule has 13 heteroatoms. The fourth-order valence-electron chi connectivity index (χ4n) is 1.46. The summed E-state index contributed by atoms with van der Waals surface area (Å²) in [4.78, 5) is 22.6. The van der Waals surface area contributed by atoms with Crippen LogP contribution in [0.1, 0.15) is 6.92 Å². The first kappa shape index (κ1) is 19.8. The summed E-state index contributed by atoms with van der Waals surface area (Å²) in [5.74, 6) is -1.19. The van der Waals surface area contributed by atoms with Crippen LogP contribution < -0.4 is 5.32 Å². The number of amides is 1. The van der Waals surface area contributed by atoms with Gasteiger partial charge in [0.2, 0.25) is 5.91 Å². The highest BCUT2D eigenvalue weighted by Gasteiger charge is 2.57. The Bertz CT molecular complexity index is 539. The van der Waals surface area contributed by atoms with Crippen LogP contribution in [0.25, 0.3) is 0 Å². The monoisotopic (exact) mass is 345 g/mol. The molecule has 0 aromatic heterocycles. The van der Waals surface area contributed by atoms with Gasteiger partial charge in [0.25, 0.3) is 10.8 Å². The lowest BCUT2D eigenvalue weighted by molar-refractivity contribution is -0.135. The molecule has 0 aliphatic carbocycles. The van der Waals surface area contributed by atoms with Gasteiger partial charge in [-0.15, -0.1) is 0 Å². The van der Waals surface area contributed by atoms with Gasteiger partial charge in [0, 0.05) is 6.92 Å². The van der Waals surface area contributed by atoms with Gasteiger partial charge in [0.1, 0.15) is 18.3 Å². The third-order valence-electron chi connectivity index (χ3n) is 2.48. The Morgan fingerprint density at radius 1 is 1.14 bits per heavy atom. The summed E-state index contributed by atoms with van der Waals surface area (Å²) in [5.41, 5.74) is -2.10. The molecule has 0 rings (SSSR count). The van der Waals surface area contributed by atoms with Crippen LogP contribution in [0.5, 0.6) is 0 Å². The van der Waals surface area contributed by atoms with E-state index in [1.165, 1.54) is 5.32 Å². The van der Waals surface area contributed by atoms with Crippen LogP contribution in [0.15, 0.2) is 0 Å². The van der Waals surface area contributed by atoms with E-state index < -0.39 is 57.0 Å². The lowest BCUT2D eigenvalue weighted by Crippen LogP contribution is -2.62. The van der Waals surface area contributed by atoms with Crippen molar-refractivity contribution in [1.29, 1.82) is 0 Å². The van der Waals surface area contributed by atoms with Crippen LogP contribution in [0.4, 0.5) is 0 Å². The molecule has 0 heterocycles. The Labute approximate surface area is 118 Å². The van der Waals surface area contributed by atoms with Crippen molar-refractivity contribution in [3.63, 3.8) is 0 Å². The molecule has 0 spiro atoms. The second-order valence-electron chi connectivity index (χ2n) is 3.95. The van der Waals surface area contributed by atoms with Gasteiger partial charge in [-0.25, -0.2) is 18.3 Å². The predicted octanol–water partition coefficient (Wildman–Crippen LogP) is -2.23. The van der Waals surface area contributed by atoms with Crippen LogP contribution in [0, 0.1) is 0 Å². The summed E-state index contributed by atoms with van der Waals surface area (Å²) in [5, 5.41) is 35.1. The second kappa shape index (κ2) is 7.69. The van der Waals surface area contributed by atoms with Crippen molar-refractivity contribution in [2.75, 3.05) is 6.61 Å². The van der Waals surface area contributed by atoms with Crippen molar-refractivity contribution in [2.45, 2.75) is 30.5 Å². The molecule has 120 valence electrons. The van der Waals surface area contributed by atoms with Crippen LogP contribution >= 0.6 is 15.4 Å². The molecule has 0 saturated carbocycles. The van der Waals surface area contributed by atoms with E-state index in [9.17, 15) is 38.1 Å². The van der Waals surface area contributed by atoms with Crippen molar-refractivity contribution < 1.29 is 48.3 Å². The van der Waals surface area contributed by atoms with Gasteiger partial charge in [-0.05, 0) is 0 Å². The van der Waals surface area contributed by atoms with Gasteiger partial charge < -0.3 is 25.7 Å². The molecule has 0 unspecified atom stereocenters. The molecule has 0 aliphatic heterocycles. The molecule has 11 nitrogen and oxygen atoms in total. The Balaban J connectivity index is 6.11. The molecule has 0 radical (unpaired) electrons. The van der Waals surface area contributed by atoms with E-state index >= 15 is 0 Å². The van der Waals surface area contributed by atoms with E-state index in [0.29, 0.717) is 0 Å². The molecular formula is C8H13NO10P2. The van der Waals surface area contributed by atoms with Crippen molar-refractivity contribution in [3.05, 3.63) is 0 Å². The first-order valence-electron chi connectivity index (χ1n) is 5.29. The minimum atomic E-state index is -4.12. The highest BCUT2D eigenvalue weighted by atomic mass is 31.1. The molecule has 0 aromatic carbocycles. The highest BCUT2D eigenvalue weighted by Crippen LogP contribution is 2.38. The normalized spacial score (nSPS) is 18.0. The molecule has 0 fully saturated rings. The summed E-state index contributed by atoms with van der Waals surface area (Å²) >= 11 is 0. The van der Waals surface area contributed by atoms with Crippen LogP contribution in [-0.2, 0) is 27.8 Å². The van der Waals surface area contributed by atoms with E-state index in [0.717, 1.165) is 6.92 Å². The number of nitrogens with one attached hydrogen (secondary N) is 1. The minimum Gasteiger partial charge on any atom is -0.394 e. The fraction of sp³-hybridized carbons (Fsp3) is 0.750. The Morgan fingerprint density at radius 2 is 1.62 bits per heavy atom. The van der Waals surface area contributed by atoms with Gasteiger partial charge in [-0.2, -0.15) is 0 Å². The maximum Gasteiger partial charge on any atom is 0.388 e. The standard InChI is InChI=1S/C8H13NO10P2/c1-3(11)9-8(21(18)19,7(15)20(16)17)6(14)5(13)4(12)2-10/h4-6,10,12-14H,2H2,1H3,(H,9,11)/t4-,5-,6+,8+/m1/s1. The number of rotatable bonds is 8. The largest absolute Gasteiger partial charge is 0.394 e. The molecule has 4 atom stereocenters. The molecule has 0 saturated heterocycles. The van der Waals surface area contributed by atoms with Crippen molar-refractivity contribution >= 4 is 26.8 Å². The lowest BCUT2D eigenvalue weighted by Gasteiger charge is -2.32. The van der Waals surface area contributed by atoms with Gasteiger partial charge in [-0.1, -0.05) is 0 Å². The lowest BCUT2D eigenvalue weighted by atomic mass is 10.0. The average molecular weight is 345 g/mol. The van der Waals surface area contributed by atoms with E-state index in [1.54, 1.807) is 0 Å². The van der Waals surface area contributed by atoms with Crippen molar-refractivity contribution in [3.8, 4) is 0 Å². The molecule has 5 N–H and O–H groups in total. The first-order valence-corrected chi connectivity index (χ1v) is 7.65. The quantitative estimate of drug-likeness (QED) is 0.300. The van der Waals surface area contributed by atoms with Crippen molar-refractivity contribution in [1.82, 2.24) is 5.32 Å². The van der Waals surface area contributed by atoms with E-state index in [2.05, 4.69) is 0 Å².